The zero-order chi connectivity index (χ0) is 77.3. The lowest BCUT2D eigenvalue weighted by Gasteiger charge is -2.24. The third kappa shape index (κ3) is 33.7. The Labute approximate surface area is 633 Å². The second kappa shape index (κ2) is 43.9. The van der Waals surface area contributed by atoms with E-state index < -0.39 is 99.8 Å². The second-order valence-electron chi connectivity index (χ2n) is 29.1. The Morgan fingerprint density at radius 3 is 1.48 bits per heavy atom. The minimum absolute atomic E-state index is 0.0308. The molecule has 4 amide bonds. The van der Waals surface area contributed by atoms with E-state index in [1.165, 1.54) is 35.0 Å². The summed E-state index contributed by atoms with van der Waals surface area (Å²) in [6, 6.07) is 34.7. The molecule has 6 rings (SSSR count). The fraction of sp³-hybridized carbons (Fsp3) is 0.456. The number of benzene rings is 4. The molecule has 0 aliphatic heterocycles. The molecule has 4 atom stereocenters. The van der Waals surface area contributed by atoms with Gasteiger partial charge >= 0.3 is 36.1 Å². The van der Waals surface area contributed by atoms with E-state index in [0.717, 1.165) is 56.8 Å². The van der Waals surface area contributed by atoms with Gasteiger partial charge in [0.1, 0.15) is 52.9 Å². The van der Waals surface area contributed by atoms with Crippen molar-refractivity contribution in [1.29, 1.82) is 0 Å². The molecular weight excluding hydrogens is 1430 g/mol. The molecule has 1 aromatic heterocycles. The number of esters is 4. The normalized spacial score (nSPS) is 13.4. The van der Waals surface area contributed by atoms with Crippen molar-refractivity contribution in [3.63, 3.8) is 0 Å². The summed E-state index contributed by atoms with van der Waals surface area (Å²) < 4.78 is 33.4. The quantitative estimate of drug-likeness (QED) is 0.00717. The number of nitrogens with zero attached hydrogens (tertiary/aromatic N) is 1. The first-order valence-corrected chi connectivity index (χ1v) is 45.7. The van der Waals surface area contributed by atoms with Gasteiger partial charge in [0.15, 0.2) is 10.2 Å². The number of allylic oxidation sites excluding steroid dienone is 3. The van der Waals surface area contributed by atoms with Crippen LogP contribution in [0.4, 0.5) is 9.59 Å². The summed E-state index contributed by atoms with van der Waals surface area (Å²) in [4.78, 5) is 133. The predicted molar refractivity (Wildman–Crippen MR) is 420 cm³/mol. The van der Waals surface area contributed by atoms with Crippen LogP contribution >= 0.6 is 34.9 Å². The van der Waals surface area contributed by atoms with Gasteiger partial charge in [0.05, 0.1) is 32.6 Å². The van der Waals surface area contributed by atoms with Crippen LogP contribution in [-0.2, 0) is 81.4 Å². The minimum Gasteiger partial charge on any atom is -0.466 e. The van der Waals surface area contributed by atoms with Crippen molar-refractivity contribution >= 4 is 109 Å². The van der Waals surface area contributed by atoms with Crippen molar-refractivity contribution in [3.8, 4) is 11.1 Å². The highest BCUT2D eigenvalue weighted by Gasteiger charge is 2.34. The number of amides is 4. The third-order valence-electron chi connectivity index (χ3n) is 15.8. The van der Waals surface area contributed by atoms with Crippen LogP contribution in [0.5, 0.6) is 0 Å². The Balaban J connectivity index is 0.000000379. The number of carbonyl (C=O) groups is 10. The molecular formula is C79H105N5O16S3Si2. The van der Waals surface area contributed by atoms with Crippen molar-refractivity contribution in [2.24, 2.45) is 11.8 Å². The van der Waals surface area contributed by atoms with Gasteiger partial charge in [0, 0.05) is 51.8 Å². The summed E-state index contributed by atoms with van der Waals surface area (Å²) in [7, 11) is -2.86. The zero-order valence-electron chi connectivity index (χ0n) is 63.0. The van der Waals surface area contributed by atoms with Gasteiger partial charge in [0.25, 0.3) is 11.8 Å². The van der Waals surface area contributed by atoms with E-state index in [1.807, 2.05) is 97.1 Å². The number of nitrogens with one attached hydrogen (secondary N) is 4. The molecule has 4 N–H and O–H groups in total. The van der Waals surface area contributed by atoms with Gasteiger partial charge in [-0.05, 0) is 110 Å². The first-order chi connectivity index (χ1) is 49.7. The molecule has 568 valence electrons. The molecule has 0 radical (unpaired) electrons. The Morgan fingerprint density at radius 1 is 0.590 bits per heavy atom. The van der Waals surface area contributed by atoms with E-state index >= 15 is 0 Å². The first-order valence-electron chi connectivity index (χ1n) is 35.4. The van der Waals surface area contributed by atoms with Crippen LogP contribution in [0.1, 0.15) is 125 Å². The van der Waals surface area contributed by atoms with Gasteiger partial charge in [0.2, 0.25) is 0 Å². The predicted octanol–water partition coefficient (Wildman–Crippen LogP) is 14.8. The number of hydrogen-bond acceptors (Lipinski definition) is 20. The highest BCUT2D eigenvalue weighted by molar-refractivity contribution is 8.13. The average molecular weight is 1530 g/mol. The van der Waals surface area contributed by atoms with E-state index in [0.29, 0.717) is 48.8 Å². The number of carbonyl (C=O) groups excluding carboxylic acids is 10. The number of rotatable bonds is 37. The summed E-state index contributed by atoms with van der Waals surface area (Å²) in [5, 5.41) is 12.5. The number of hydrogen-bond donors (Lipinski definition) is 4. The van der Waals surface area contributed by atoms with Crippen LogP contribution in [0.25, 0.3) is 11.1 Å². The Hall–Kier alpha value is -8.44. The monoisotopic (exact) mass is 1530 g/mol. The number of ether oxygens (including phenoxy) is 6. The van der Waals surface area contributed by atoms with E-state index in [1.54, 1.807) is 79.7 Å². The van der Waals surface area contributed by atoms with Gasteiger partial charge in [-0.3, -0.25) is 28.8 Å². The van der Waals surface area contributed by atoms with Crippen LogP contribution in [0, 0.1) is 11.8 Å². The van der Waals surface area contributed by atoms with Crippen LogP contribution in [0.3, 0.4) is 0 Å². The van der Waals surface area contributed by atoms with Gasteiger partial charge < -0.3 is 49.7 Å². The maximum Gasteiger partial charge on any atom is 0.408 e. The van der Waals surface area contributed by atoms with E-state index in [-0.39, 0.29) is 66.1 Å². The van der Waals surface area contributed by atoms with E-state index in [2.05, 4.69) is 77.7 Å². The lowest BCUT2D eigenvalue weighted by Crippen LogP contribution is -2.48. The van der Waals surface area contributed by atoms with Gasteiger partial charge in [-0.25, -0.2) is 24.2 Å². The van der Waals surface area contributed by atoms with Crippen LogP contribution < -0.4 is 21.3 Å². The summed E-state index contributed by atoms with van der Waals surface area (Å²) in [6.45, 7) is 27.7. The molecule has 4 aromatic carbocycles. The summed E-state index contributed by atoms with van der Waals surface area (Å²) in [5.74, 6) is -3.66. The molecule has 0 saturated carbocycles. The fourth-order valence-corrected chi connectivity index (χ4v) is 13.8. The maximum atomic E-state index is 13.5. The molecule has 0 fully saturated rings. The minimum atomic E-state index is -1.45. The molecule has 0 unspecified atom stereocenters. The van der Waals surface area contributed by atoms with Gasteiger partial charge in [-0.15, -0.1) is 11.3 Å². The van der Waals surface area contributed by atoms with Crippen molar-refractivity contribution in [3.05, 3.63) is 184 Å². The fourth-order valence-electron chi connectivity index (χ4n) is 10.1. The average Bonchev–Trinajstić information content (AvgIpc) is 1.62. The smallest absolute Gasteiger partial charge is 0.408 e. The highest BCUT2D eigenvalue weighted by Crippen LogP contribution is 2.44. The third-order valence-corrected chi connectivity index (χ3v) is 21.8. The SMILES string of the molecule is C/C=C(\NC(=O)c1csc(CNC(=O)OC(C)(C)C)n1)C(=O)N[C@H](C(=O)O[C@H](/C=C/CCSC(=O)Cc1ccccc1)CC(=O)OCC[Si](C)(C)C)C(C)C.CC(C)[C@H](NC(=O)OCC1c2ccccc2-c2ccccc21)C(=O)O[C@H](/C=C/CCSC(=O)Cc1ccccc1)CC(=O)OCC[Si](C)(C)C. The van der Waals surface area contributed by atoms with Crippen LogP contribution in [0.15, 0.2) is 151 Å². The van der Waals surface area contributed by atoms with Gasteiger partial charge in [-0.1, -0.05) is 218 Å². The Bertz CT molecular complexity index is 3740. The number of fused-ring (bicyclic) bond motifs is 3. The molecule has 26 heteroatoms. The molecule has 105 heavy (non-hydrogen) atoms. The van der Waals surface area contributed by atoms with Crippen molar-refractivity contribution in [2.75, 3.05) is 31.3 Å². The highest BCUT2D eigenvalue weighted by atomic mass is 32.2. The molecule has 21 nitrogen and oxygen atoms in total. The first kappa shape index (κ1) is 87.2. The zero-order valence-corrected chi connectivity index (χ0v) is 67.5. The molecule has 0 spiro atoms. The van der Waals surface area contributed by atoms with Crippen molar-refractivity contribution in [1.82, 2.24) is 26.3 Å². The topological polar surface area (TPSA) is 287 Å². The Kier molecular flexibility index (Phi) is 36.4. The summed E-state index contributed by atoms with van der Waals surface area (Å²) in [5.41, 5.74) is 5.57. The largest absolute Gasteiger partial charge is 0.466 e. The van der Waals surface area contributed by atoms with Gasteiger partial charge in [-0.2, -0.15) is 0 Å². The molecule has 1 aliphatic rings. The number of alkyl carbamates (subject to hydrolysis) is 2. The molecule has 5 aromatic rings. The van der Waals surface area contributed by atoms with Crippen molar-refractivity contribution < 1.29 is 76.4 Å². The molecule has 0 bridgehead atoms. The maximum absolute atomic E-state index is 13.5. The van der Waals surface area contributed by atoms with Crippen LogP contribution in [-0.4, -0.2) is 140 Å². The van der Waals surface area contributed by atoms with Crippen molar-refractivity contribution in [2.45, 2.75) is 188 Å². The van der Waals surface area contributed by atoms with E-state index in [4.69, 9.17) is 28.4 Å². The lowest BCUT2D eigenvalue weighted by molar-refractivity contribution is -0.157. The second-order valence-corrected chi connectivity index (χ2v) is 43.6. The number of aromatic nitrogens is 1. The lowest BCUT2D eigenvalue weighted by atomic mass is 9.98. The molecule has 1 heterocycles. The molecule has 1 aliphatic carbocycles. The molecule has 0 saturated heterocycles. The standard InChI is InChI=1S/C40H49NO7SSi.C39H56N4O9S2Si/c1-28(2)38(41-40(45)47-27-35-33-20-11-9-18-31(33)32-19-10-12-21-34(32)35)39(44)48-30(26-36(42)46-22-24-50(3,4)5)17-13-14-23-49-37(43)25-29-15-7-6-8-16-29;1-10-29(42-36(47)30-25-54-31(41-30)24-40-38(49)52-39(4,5)6)35(46)43-34(26(2)3)37(48)51-28(23-32(44)50-19-21-55(7,8)9)18-14-15-20-53-33(45)22-27-16-12-11-13-17-27/h6-13,15-21,28,30,35,38H,14,22-27H2,1-5H3,(H,41,45);10-14,16-18,25-26,28,34H,15,19-24H2,1-9H3,(H,40,49)(H,42,47)(H,43,46)/b17-13+;18-14+,29-10-/t30-,38+;28-,34+/m11/s1. The summed E-state index contributed by atoms with van der Waals surface area (Å²) in [6.07, 6.45) is 6.27. The number of thioether (sulfide) groups is 2. The number of thiazole rings is 1. The van der Waals surface area contributed by atoms with E-state index in [9.17, 15) is 47.9 Å². The summed E-state index contributed by atoms with van der Waals surface area (Å²) >= 11 is 3.59. The Morgan fingerprint density at radius 2 is 1.04 bits per heavy atom. The van der Waals surface area contributed by atoms with Crippen LogP contribution in [0.2, 0.25) is 51.4 Å².